The summed E-state index contributed by atoms with van der Waals surface area (Å²) in [5, 5.41) is 3.36. The Morgan fingerprint density at radius 2 is 2.04 bits per heavy atom. The Labute approximate surface area is 137 Å². The maximum Gasteiger partial charge on any atom is 0.411 e. The van der Waals surface area contributed by atoms with Crippen LogP contribution in [0.3, 0.4) is 0 Å². The minimum atomic E-state index is -0.523. The molecule has 0 saturated carbocycles. The van der Waals surface area contributed by atoms with Crippen molar-refractivity contribution in [2.75, 3.05) is 11.9 Å². The van der Waals surface area contributed by atoms with E-state index in [1.165, 1.54) is 11.5 Å². The number of fused-ring (bicyclic) bond motifs is 1. The SMILES string of the molecule is Cc1cccc(NC(=O)OCCn2sc3ccccc3c2=O)c1. The highest BCUT2D eigenvalue weighted by Crippen LogP contribution is 2.15. The second-order valence-electron chi connectivity index (χ2n) is 5.13. The number of hydrogen-bond acceptors (Lipinski definition) is 4. The van der Waals surface area contributed by atoms with Crippen molar-refractivity contribution < 1.29 is 9.53 Å². The third-order valence-electron chi connectivity index (χ3n) is 3.34. The van der Waals surface area contributed by atoms with Crippen LogP contribution >= 0.6 is 11.5 Å². The van der Waals surface area contributed by atoms with Crippen molar-refractivity contribution in [3.63, 3.8) is 0 Å². The summed E-state index contributed by atoms with van der Waals surface area (Å²) in [6.45, 7) is 2.44. The first-order chi connectivity index (χ1) is 11.1. The van der Waals surface area contributed by atoms with Gasteiger partial charge in [0.2, 0.25) is 0 Å². The number of anilines is 1. The summed E-state index contributed by atoms with van der Waals surface area (Å²) >= 11 is 1.37. The number of ether oxygens (including phenoxy) is 1. The fourth-order valence-electron chi connectivity index (χ4n) is 2.26. The van der Waals surface area contributed by atoms with Crippen LogP contribution in [0.1, 0.15) is 5.56 Å². The van der Waals surface area contributed by atoms with Gasteiger partial charge in [0.05, 0.1) is 16.6 Å². The van der Waals surface area contributed by atoms with E-state index in [4.69, 9.17) is 4.74 Å². The van der Waals surface area contributed by atoms with Crippen LogP contribution in [0.5, 0.6) is 0 Å². The lowest BCUT2D eigenvalue weighted by molar-refractivity contribution is 0.158. The zero-order valence-electron chi connectivity index (χ0n) is 12.6. The lowest BCUT2D eigenvalue weighted by Crippen LogP contribution is -2.20. The molecular formula is C17H16N2O3S. The van der Waals surface area contributed by atoms with Crippen molar-refractivity contribution in [1.29, 1.82) is 0 Å². The van der Waals surface area contributed by atoms with Gasteiger partial charge in [-0.05, 0) is 36.8 Å². The fourth-order valence-corrected chi connectivity index (χ4v) is 3.24. The fraction of sp³-hybridized carbons (Fsp3) is 0.176. The van der Waals surface area contributed by atoms with Gasteiger partial charge in [-0.1, -0.05) is 35.8 Å². The largest absolute Gasteiger partial charge is 0.447 e. The van der Waals surface area contributed by atoms with Gasteiger partial charge in [0.1, 0.15) is 6.61 Å². The average Bonchev–Trinajstić information content (AvgIpc) is 2.84. The lowest BCUT2D eigenvalue weighted by Gasteiger charge is -2.07. The third-order valence-corrected chi connectivity index (χ3v) is 4.47. The first kappa shape index (κ1) is 15.3. The summed E-state index contributed by atoms with van der Waals surface area (Å²) < 4.78 is 7.67. The normalized spacial score (nSPS) is 10.7. The summed E-state index contributed by atoms with van der Waals surface area (Å²) in [4.78, 5) is 23.9. The van der Waals surface area contributed by atoms with Crippen molar-refractivity contribution in [3.8, 4) is 0 Å². The summed E-state index contributed by atoms with van der Waals surface area (Å²) in [5.74, 6) is 0. The van der Waals surface area contributed by atoms with Crippen molar-refractivity contribution in [1.82, 2.24) is 3.96 Å². The van der Waals surface area contributed by atoms with Crippen LogP contribution in [0.15, 0.2) is 53.3 Å². The zero-order valence-corrected chi connectivity index (χ0v) is 13.4. The Bertz CT molecular complexity index is 898. The maximum absolute atomic E-state index is 12.1. The first-order valence-corrected chi connectivity index (χ1v) is 8.00. The van der Waals surface area contributed by atoms with Gasteiger partial charge in [0.15, 0.2) is 0 Å². The van der Waals surface area contributed by atoms with E-state index < -0.39 is 6.09 Å². The predicted molar refractivity (Wildman–Crippen MR) is 92.2 cm³/mol. The van der Waals surface area contributed by atoms with Gasteiger partial charge in [0.25, 0.3) is 5.56 Å². The van der Waals surface area contributed by atoms with Crippen molar-refractivity contribution in [3.05, 3.63) is 64.4 Å². The smallest absolute Gasteiger partial charge is 0.411 e. The number of benzene rings is 2. The topological polar surface area (TPSA) is 60.3 Å². The minimum absolute atomic E-state index is 0.0479. The number of rotatable bonds is 4. The molecule has 3 aromatic rings. The van der Waals surface area contributed by atoms with E-state index in [9.17, 15) is 9.59 Å². The highest BCUT2D eigenvalue weighted by atomic mass is 32.1. The molecule has 0 bridgehead atoms. The molecule has 0 aliphatic rings. The molecule has 0 fully saturated rings. The molecule has 0 unspecified atom stereocenters. The first-order valence-electron chi connectivity index (χ1n) is 7.23. The molecule has 118 valence electrons. The number of carbonyl (C=O) groups is 1. The van der Waals surface area contributed by atoms with Crippen LogP contribution in [0.2, 0.25) is 0 Å². The molecule has 1 amide bonds. The molecule has 0 radical (unpaired) electrons. The molecule has 1 heterocycles. The quantitative estimate of drug-likeness (QED) is 0.796. The Kier molecular flexibility index (Phi) is 4.43. The summed E-state index contributed by atoms with van der Waals surface area (Å²) in [7, 11) is 0. The molecule has 23 heavy (non-hydrogen) atoms. The monoisotopic (exact) mass is 328 g/mol. The van der Waals surface area contributed by atoms with Gasteiger partial charge in [-0.3, -0.25) is 14.1 Å². The van der Waals surface area contributed by atoms with Crippen molar-refractivity contribution in [2.45, 2.75) is 13.5 Å². The lowest BCUT2D eigenvalue weighted by atomic mass is 10.2. The number of nitrogens with zero attached hydrogens (tertiary/aromatic N) is 1. The summed E-state index contributed by atoms with van der Waals surface area (Å²) in [6, 6.07) is 14.9. The number of amides is 1. The van der Waals surface area contributed by atoms with Gasteiger partial charge >= 0.3 is 6.09 Å². The standard InChI is InChI=1S/C17H16N2O3S/c1-12-5-4-6-13(11-12)18-17(21)22-10-9-19-16(20)14-7-2-3-8-15(14)23-19/h2-8,11H,9-10H2,1H3,(H,18,21). The predicted octanol–water partition coefficient (Wildman–Crippen LogP) is 3.62. The van der Waals surface area contributed by atoms with E-state index in [1.54, 1.807) is 16.1 Å². The Morgan fingerprint density at radius 1 is 1.22 bits per heavy atom. The number of aryl methyl sites for hydroxylation is 1. The molecule has 3 rings (SSSR count). The molecule has 2 aromatic carbocycles. The highest BCUT2D eigenvalue weighted by molar-refractivity contribution is 7.13. The van der Waals surface area contributed by atoms with Gasteiger partial charge in [0, 0.05) is 5.69 Å². The Balaban J connectivity index is 1.57. The van der Waals surface area contributed by atoms with E-state index in [2.05, 4.69) is 5.32 Å². The Morgan fingerprint density at radius 3 is 2.83 bits per heavy atom. The number of aromatic nitrogens is 1. The number of hydrogen-bond donors (Lipinski definition) is 1. The van der Waals surface area contributed by atoms with E-state index in [-0.39, 0.29) is 12.2 Å². The summed E-state index contributed by atoms with van der Waals surface area (Å²) in [6.07, 6.45) is -0.523. The van der Waals surface area contributed by atoms with Crippen LogP contribution < -0.4 is 10.9 Å². The van der Waals surface area contributed by atoms with Crippen LogP contribution in [0.4, 0.5) is 10.5 Å². The van der Waals surface area contributed by atoms with Crippen LogP contribution in [0, 0.1) is 6.92 Å². The van der Waals surface area contributed by atoms with Crippen LogP contribution in [0.25, 0.3) is 10.1 Å². The minimum Gasteiger partial charge on any atom is -0.447 e. The van der Waals surface area contributed by atoms with Crippen LogP contribution in [-0.4, -0.2) is 16.7 Å². The van der Waals surface area contributed by atoms with Gasteiger partial charge < -0.3 is 4.74 Å². The van der Waals surface area contributed by atoms with Crippen molar-refractivity contribution >= 4 is 33.4 Å². The maximum atomic E-state index is 12.1. The molecule has 0 spiro atoms. The van der Waals surface area contributed by atoms with Crippen molar-refractivity contribution in [2.24, 2.45) is 0 Å². The summed E-state index contributed by atoms with van der Waals surface area (Å²) in [5.41, 5.74) is 1.70. The molecular weight excluding hydrogens is 312 g/mol. The average molecular weight is 328 g/mol. The van der Waals surface area contributed by atoms with E-state index in [0.29, 0.717) is 17.6 Å². The molecule has 0 atom stereocenters. The number of nitrogens with one attached hydrogen (secondary N) is 1. The van der Waals surface area contributed by atoms with E-state index >= 15 is 0 Å². The van der Waals surface area contributed by atoms with Gasteiger partial charge in [-0.2, -0.15) is 0 Å². The molecule has 0 aliphatic heterocycles. The number of carbonyl (C=O) groups excluding carboxylic acids is 1. The molecule has 0 aliphatic carbocycles. The van der Waals surface area contributed by atoms with Crippen LogP contribution in [-0.2, 0) is 11.3 Å². The molecule has 0 saturated heterocycles. The molecule has 1 N–H and O–H groups in total. The van der Waals surface area contributed by atoms with E-state index in [0.717, 1.165) is 10.3 Å². The molecule has 5 nitrogen and oxygen atoms in total. The van der Waals surface area contributed by atoms with Gasteiger partial charge in [-0.15, -0.1) is 0 Å². The zero-order chi connectivity index (χ0) is 16.2. The Hall–Kier alpha value is -2.60. The third kappa shape index (κ3) is 3.60. The van der Waals surface area contributed by atoms with E-state index in [1.807, 2.05) is 43.3 Å². The second-order valence-corrected chi connectivity index (χ2v) is 6.19. The highest BCUT2D eigenvalue weighted by Gasteiger charge is 2.08. The molecule has 6 heteroatoms. The second kappa shape index (κ2) is 6.66. The van der Waals surface area contributed by atoms with Gasteiger partial charge in [-0.25, -0.2) is 4.79 Å². The molecule has 1 aromatic heterocycles.